The highest BCUT2D eigenvalue weighted by molar-refractivity contribution is 6.01. The number of benzene rings is 2. The predicted octanol–water partition coefficient (Wildman–Crippen LogP) is 3.18. The van der Waals surface area contributed by atoms with E-state index in [1.165, 1.54) is 16.6 Å². The molecule has 0 bridgehead atoms. The first-order chi connectivity index (χ1) is 14.7. The molecule has 2 aromatic carbocycles. The first-order valence-corrected chi connectivity index (χ1v) is 10.1. The van der Waals surface area contributed by atoms with Gasteiger partial charge in [-0.1, -0.05) is 30.3 Å². The van der Waals surface area contributed by atoms with E-state index in [4.69, 9.17) is 4.42 Å². The second-order valence-electron chi connectivity index (χ2n) is 7.07. The molecule has 4 rings (SSSR count). The van der Waals surface area contributed by atoms with Crippen LogP contribution in [0.2, 0.25) is 0 Å². The monoisotopic (exact) mass is 404 g/mol. The second-order valence-corrected chi connectivity index (χ2v) is 7.07. The topological polar surface area (TPSA) is 80.4 Å². The van der Waals surface area contributed by atoms with Gasteiger partial charge in [-0.2, -0.15) is 0 Å². The molecule has 7 heteroatoms. The Bertz CT molecular complexity index is 1210. The van der Waals surface area contributed by atoms with Crippen LogP contribution in [0.3, 0.4) is 0 Å². The van der Waals surface area contributed by atoms with Crippen LogP contribution >= 0.6 is 0 Å². The molecule has 0 atom stereocenters. The van der Waals surface area contributed by atoms with E-state index in [9.17, 15) is 9.59 Å². The van der Waals surface area contributed by atoms with Crippen molar-refractivity contribution < 1.29 is 9.21 Å². The van der Waals surface area contributed by atoms with Crippen LogP contribution in [-0.4, -0.2) is 35.1 Å². The first-order valence-electron chi connectivity index (χ1n) is 10.1. The smallest absolute Gasteiger partial charge is 0.297 e. The largest absolute Gasteiger partial charge is 0.448 e. The van der Waals surface area contributed by atoms with Gasteiger partial charge in [0.25, 0.3) is 5.56 Å². The average Bonchev–Trinajstić information content (AvgIpc) is 3.16. The van der Waals surface area contributed by atoms with E-state index in [0.29, 0.717) is 17.6 Å². The van der Waals surface area contributed by atoms with Crippen molar-refractivity contribution in [3.8, 4) is 0 Å². The zero-order chi connectivity index (χ0) is 20.9. The van der Waals surface area contributed by atoms with Gasteiger partial charge in [0.2, 0.25) is 11.5 Å². The van der Waals surface area contributed by atoms with Crippen LogP contribution in [0.1, 0.15) is 13.3 Å². The lowest BCUT2D eigenvalue weighted by Crippen LogP contribution is -2.34. The number of carbonyl (C=O) groups is 1. The van der Waals surface area contributed by atoms with Crippen molar-refractivity contribution in [3.05, 3.63) is 71.3 Å². The van der Waals surface area contributed by atoms with Crippen molar-refractivity contribution in [1.29, 1.82) is 0 Å². The Morgan fingerprint density at radius 3 is 2.70 bits per heavy atom. The van der Waals surface area contributed by atoms with Crippen molar-refractivity contribution in [2.45, 2.75) is 19.9 Å². The number of nitrogens with one attached hydrogen (secondary N) is 1. The van der Waals surface area contributed by atoms with E-state index in [1.807, 2.05) is 36.4 Å². The number of aromatic nitrogens is 2. The van der Waals surface area contributed by atoms with Crippen LogP contribution in [0.25, 0.3) is 22.1 Å². The normalized spacial score (nSPS) is 11.1. The van der Waals surface area contributed by atoms with Crippen molar-refractivity contribution >= 4 is 33.7 Å². The molecular formula is C23H24N4O3. The lowest BCUT2D eigenvalue weighted by atomic mass is 10.2. The molecule has 0 aliphatic heterocycles. The molecule has 0 fully saturated rings. The fraction of sp³-hybridized carbons (Fsp3) is 0.261. The summed E-state index contributed by atoms with van der Waals surface area (Å²) < 4.78 is 6.93. The summed E-state index contributed by atoms with van der Waals surface area (Å²) in [6, 6.07) is 17.6. The van der Waals surface area contributed by atoms with Gasteiger partial charge in [-0.25, -0.2) is 4.98 Å². The number of hydrogen-bond donors (Lipinski definition) is 1. The van der Waals surface area contributed by atoms with E-state index in [2.05, 4.69) is 34.3 Å². The molecule has 0 radical (unpaired) electrons. The van der Waals surface area contributed by atoms with Crippen LogP contribution < -0.4 is 15.8 Å². The molecule has 2 aromatic heterocycles. The lowest BCUT2D eigenvalue weighted by Gasteiger charge is -2.23. The quantitative estimate of drug-likeness (QED) is 0.456. The van der Waals surface area contributed by atoms with Crippen LogP contribution in [0.15, 0.2) is 70.1 Å². The molecule has 0 unspecified atom stereocenters. The molecule has 2 heterocycles. The Balaban J connectivity index is 1.35. The lowest BCUT2D eigenvalue weighted by molar-refractivity contribution is -0.121. The molecule has 0 aliphatic carbocycles. The number of hydrogen-bond acceptors (Lipinski definition) is 5. The summed E-state index contributed by atoms with van der Waals surface area (Å²) in [4.78, 5) is 31.6. The summed E-state index contributed by atoms with van der Waals surface area (Å²) in [5, 5.41) is 3.67. The van der Waals surface area contributed by atoms with Crippen molar-refractivity contribution in [3.63, 3.8) is 0 Å². The SMILES string of the molecule is CCN(CCCNC(=O)Cn1cnc2c(oc3ccccc32)c1=O)c1ccccc1. The number of para-hydroxylation sites is 2. The van der Waals surface area contributed by atoms with Gasteiger partial charge in [0.1, 0.15) is 17.6 Å². The molecule has 0 saturated heterocycles. The summed E-state index contributed by atoms with van der Waals surface area (Å²) in [7, 11) is 0. The zero-order valence-corrected chi connectivity index (χ0v) is 16.9. The van der Waals surface area contributed by atoms with Gasteiger partial charge < -0.3 is 14.6 Å². The minimum atomic E-state index is -0.354. The standard InChI is InChI=1S/C23H24N4O3/c1-2-26(17-9-4-3-5-10-17)14-8-13-24-20(28)15-27-16-25-21-18-11-6-7-12-19(18)30-22(21)23(27)29/h3-7,9-12,16H,2,8,13-15H2,1H3,(H,24,28). The Kier molecular flexibility index (Phi) is 5.79. The van der Waals surface area contributed by atoms with Gasteiger partial charge in [-0.3, -0.25) is 14.2 Å². The van der Waals surface area contributed by atoms with Crippen LogP contribution in [-0.2, 0) is 11.3 Å². The second kappa shape index (κ2) is 8.82. The van der Waals surface area contributed by atoms with E-state index in [-0.39, 0.29) is 23.6 Å². The van der Waals surface area contributed by atoms with Crippen molar-refractivity contribution in [1.82, 2.24) is 14.9 Å². The minimum Gasteiger partial charge on any atom is -0.448 e. The van der Waals surface area contributed by atoms with Gasteiger partial charge in [0, 0.05) is 30.7 Å². The minimum absolute atomic E-state index is 0.0883. The van der Waals surface area contributed by atoms with Crippen molar-refractivity contribution in [2.24, 2.45) is 0 Å². The third kappa shape index (κ3) is 4.05. The number of rotatable bonds is 8. The summed E-state index contributed by atoms with van der Waals surface area (Å²) in [6.07, 6.45) is 2.21. The highest BCUT2D eigenvalue weighted by Crippen LogP contribution is 2.23. The third-order valence-corrected chi connectivity index (χ3v) is 5.09. The molecule has 1 N–H and O–H groups in total. The predicted molar refractivity (Wildman–Crippen MR) is 118 cm³/mol. The summed E-state index contributed by atoms with van der Waals surface area (Å²) >= 11 is 0. The van der Waals surface area contributed by atoms with Crippen LogP contribution in [0.5, 0.6) is 0 Å². The van der Waals surface area contributed by atoms with E-state index >= 15 is 0 Å². The average molecular weight is 404 g/mol. The van der Waals surface area contributed by atoms with Gasteiger partial charge in [-0.15, -0.1) is 0 Å². The molecular weight excluding hydrogens is 380 g/mol. The zero-order valence-electron chi connectivity index (χ0n) is 16.9. The number of amides is 1. The fourth-order valence-corrected chi connectivity index (χ4v) is 3.54. The fourth-order valence-electron chi connectivity index (χ4n) is 3.54. The number of furan rings is 1. The molecule has 0 aliphatic rings. The first kappa shape index (κ1) is 19.7. The highest BCUT2D eigenvalue weighted by atomic mass is 16.3. The summed E-state index contributed by atoms with van der Waals surface area (Å²) in [5.41, 5.74) is 2.12. The molecule has 30 heavy (non-hydrogen) atoms. The van der Waals surface area contributed by atoms with Gasteiger partial charge in [0.15, 0.2) is 0 Å². The number of carbonyl (C=O) groups excluding carboxylic acids is 1. The molecule has 1 amide bonds. The maximum Gasteiger partial charge on any atom is 0.297 e. The molecule has 4 aromatic rings. The Hall–Kier alpha value is -3.61. The number of nitrogens with zero attached hydrogens (tertiary/aromatic N) is 3. The van der Waals surface area contributed by atoms with Gasteiger partial charge in [0.05, 0.1) is 6.33 Å². The summed E-state index contributed by atoms with van der Waals surface area (Å²) in [6.45, 7) is 4.30. The third-order valence-electron chi connectivity index (χ3n) is 5.09. The molecule has 7 nitrogen and oxygen atoms in total. The number of anilines is 1. The van der Waals surface area contributed by atoms with Crippen molar-refractivity contribution in [2.75, 3.05) is 24.5 Å². The number of fused-ring (bicyclic) bond motifs is 3. The Morgan fingerprint density at radius 2 is 1.90 bits per heavy atom. The Labute approximate surface area is 173 Å². The van der Waals surface area contributed by atoms with Gasteiger partial charge in [-0.05, 0) is 37.6 Å². The maximum atomic E-state index is 12.7. The van der Waals surface area contributed by atoms with E-state index < -0.39 is 0 Å². The maximum absolute atomic E-state index is 12.7. The highest BCUT2D eigenvalue weighted by Gasteiger charge is 2.14. The van der Waals surface area contributed by atoms with E-state index in [0.717, 1.165) is 24.9 Å². The van der Waals surface area contributed by atoms with Gasteiger partial charge >= 0.3 is 0 Å². The molecule has 154 valence electrons. The summed E-state index contributed by atoms with van der Waals surface area (Å²) in [5.74, 6) is -0.225. The Morgan fingerprint density at radius 1 is 1.13 bits per heavy atom. The van der Waals surface area contributed by atoms with Crippen LogP contribution in [0, 0.1) is 0 Å². The van der Waals surface area contributed by atoms with E-state index in [1.54, 1.807) is 6.07 Å². The molecule has 0 saturated carbocycles. The molecule has 0 spiro atoms. The van der Waals surface area contributed by atoms with Crippen LogP contribution in [0.4, 0.5) is 5.69 Å².